The molecule has 1 aromatic heterocycles. The van der Waals surface area contributed by atoms with E-state index in [0.717, 1.165) is 0 Å². The summed E-state index contributed by atoms with van der Waals surface area (Å²) in [4.78, 5) is 41.0. The van der Waals surface area contributed by atoms with Gasteiger partial charge < -0.3 is 23.7 Å². The largest absolute Gasteiger partial charge is 0.493 e. The van der Waals surface area contributed by atoms with Crippen LogP contribution in [0, 0.1) is 17.7 Å². The van der Waals surface area contributed by atoms with Gasteiger partial charge >= 0.3 is 11.9 Å². The van der Waals surface area contributed by atoms with Crippen molar-refractivity contribution in [2.75, 3.05) is 13.9 Å². The fourth-order valence-electron chi connectivity index (χ4n) is 3.38. The predicted octanol–water partition coefficient (Wildman–Crippen LogP) is 4.37. The molecule has 0 amide bonds. The summed E-state index contributed by atoms with van der Waals surface area (Å²) >= 11 is 0. The molecule has 2 aromatic rings. The molecule has 0 spiro atoms. The van der Waals surface area contributed by atoms with Crippen LogP contribution >= 0.6 is 0 Å². The highest BCUT2D eigenvalue weighted by molar-refractivity contribution is 5.99. The van der Waals surface area contributed by atoms with Crippen molar-refractivity contribution < 1.29 is 42.5 Å². The van der Waals surface area contributed by atoms with E-state index in [-0.39, 0.29) is 35.3 Å². The number of benzene rings is 1. The van der Waals surface area contributed by atoms with Crippen molar-refractivity contribution in [3.8, 4) is 17.2 Å². The third kappa shape index (κ3) is 8.21. The predicted molar refractivity (Wildman–Crippen MR) is 127 cm³/mol. The maximum Gasteiger partial charge on any atom is 0.309 e. The third-order valence-electron chi connectivity index (χ3n) is 5.22. The van der Waals surface area contributed by atoms with Crippen molar-refractivity contribution in [2.24, 2.45) is 11.8 Å². The molecule has 2 rings (SSSR count). The summed E-state index contributed by atoms with van der Waals surface area (Å²) in [5.74, 6) is -2.21. The lowest BCUT2D eigenvalue weighted by molar-refractivity contribution is -0.161. The molecule has 0 bridgehead atoms. The molecule has 0 saturated carbocycles. The Morgan fingerprint density at radius 2 is 1.69 bits per heavy atom. The molecule has 3 atom stereocenters. The molecule has 196 valence electrons. The minimum Gasteiger partial charge on any atom is -0.493 e. The van der Waals surface area contributed by atoms with Gasteiger partial charge in [0, 0.05) is 25.6 Å². The van der Waals surface area contributed by atoms with Crippen molar-refractivity contribution >= 4 is 17.7 Å². The maximum atomic E-state index is 13.2. The summed E-state index contributed by atoms with van der Waals surface area (Å²) in [5.41, 5.74) is -0.0606. The standard InChI is InChI=1S/C26H32FNO8/c1-15(2)24(17(4)35-20-9-7-19(27)8-10-20)36-26(31)16(3)13-21(30)23-25(34-14-33-18(5)29)22(32-6)11-12-28-23/h7-12,15-17,24H,13-14H2,1-6H3/t16-,17+,24-/m1/s1. The number of ketones is 1. The first-order chi connectivity index (χ1) is 17.0. The Kier molecular flexibility index (Phi) is 10.6. The molecule has 9 nitrogen and oxygen atoms in total. The number of carbonyl (C=O) groups excluding carboxylic acids is 3. The van der Waals surface area contributed by atoms with E-state index >= 15 is 0 Å². The third-order valence-corrected chi connectivity index (χ3v) is 5.22. The number of carbonyl (C=O) groups is 3. The summed E-state index contributed by atoms with van der Waals surface area (Å²) in [6.07, 6.45) is 0.0270. The lowest BCUT2D eigenvalue weighted by Gasteiger charge is -2.29. The van der Waals surface area contributed by atoms with Gasteiger partial charge in [-0.3, -0.25) is 14.4 Å². The SMILES string of the molecule is COc1ccnc(C(=O)C[C@@H](C)C(=O)O[C@H](C(C)C)[C@H](C)Oc2ccc(F)cc2)c1OCOC(C)=O. The number of methoxy groups -OCH3 is 1. The molecule has 0 unspecified atom stereocenters. The minimum atomic E-state index is -0.800. The summed E-state index contributed by atoms with van der Waals surface area (Å²) in [5, 5.41) is 0. The van der Waals surface area contributed by atoms with E-state index in [1.807, 2.05) is 13.8 Å². The lowest BCUT2D eigenvalue weighted by Crippen LogP contribution is -2.39. The molecule has 0 aliphatic carbocycles. The van der Waals surface area contributed by atoms with E-state index in [1.165, 1.54) is 50.6 Å². The number of hydrogen-bond donors (Lipinski definition) is 0. The number of hydrogen-bond acceptors (Lipinski definition) is 9. The first-order valence-electron chi connectivity index (χ1n) is 11.5. The number of rotatable bonds is 13. The molecular weight excluding hydrogens is 473 g/mol. The molecule has 1 aromatic carbocycles. The first kappa shape index (κ1) is 28.5. The fraction of sp³-hybridized carbons (Fsp3) is 0.462. The Bertz CT molecular complexity index is 1040. The van der Waals surface area contributed by atoms with Crippen LogP contribution in [0.25, 0.3) is 0 Å². The van der Waals surface area contributed by atoms with Crippen LogP contribution in [0.4, 0.5) is 4.39 Å². The first-order valence-corrected chi connectivity index (χ1v) is 11.5. The highest BCUT2D eigenvalue weighted by atomic mass is 19.1. The Morgan fingerprint density at radius 1 is 1.03 bits per heavy atom. The topological polar surface area (TPSA) is 110 Å². The van der Waals surface area contributed by atoms with Gasteiger partial charge in [0.2, 0.25) is 6.79 Å². The maximum absolute atomic E-state index is 13.2. The van der Waals surface area contributed by atoms with Gasteiger partial charge in [0.05, 0.1) is 13.0 Å². The van der Waals surface area contributed by atoms with Crippen molar-refractivity contribution in [3.63, 3.8) is 0 Å². The smallest absolute Gasteiger partial charge is 0.309 e. The fourth-order valence-corrected chi connectivity index (χ4v) is 3.38. The summed E-state index contributed by atoms with van der Waals surface area (Å²) in [6, 6.07) is 7.04. The number of ether oxygens (including phenoxy) is 5. The second-order valence-electron chi connectivity index (χ2n) is 8.54. The molecule has 0 aliphatic heterocycles. The van der Waals surface area contributed by atoms with Gasteiger partial charge in [-0.1, -0.05) is 20.8 Å². The molecule has 1 heterocycles. The zero-order valence-electron chi connectivity index (χ0n) is 21.3. The van der Waals surface area contributed by atoms with Crippen molar-refractivity contribution in [1.82, 2.24) is 4.98 Å². The van der Waals surface area contributed by atoms with Gasteiger partial charge in [-0.05, 0) is 37.1 Å². The monoisotopic (exact) mass is 505 g/mol. The highest BCUT2D eigenvalue weighted by Gasteiger charge is 2.31. The van der Waals surface area contributed by atoms with Gasteiger partial charge in [0.25, 0.3) is 0 Å². The second kappa shape index (κ2) is 13.4. The van der Waals surface area contributed by atoms with E-state index in [9.17, 15) is 18.8 Å². The quantitative estimate of drug-likeness (QED) is 0.223. The number of pyridine rings is 1. The molecule has 36 heavy (non-hydrogen) atoms. The van der Waals surface area contributed by atoms with E-state index in [2.05, 4.69) is 4.98 Å². The Balaban J connectivity index is 2.08. The molecule has 0 fully saturated rings. The van der Waals surface area contributed by atoms with Crippen LogP contribution in [0.1, 0.15) is 51.5 Å². The van der Waals surface area contributed by atoms with Gasteiger partial charge in [-0.25, -0.2) is 9.37 Å². The summed E-state index contributed by atoms with van der Waals surface area (Å²) < 4.78 is 40.1. The normalized spacial score (nSPS) is 13.3. The van der Waals surface area contributed by atoms with Gasteiger partial charge in [0.1, 0.15) is 23.8 Å². The summed E-state index contributed by atoms with van der Waals surface area (Å²) in [7, 11) is 1.39. The second-order valence-corrected chi connectivity index (χ2v) is 8.54. The van der Waals surface area contributed by atoms with E-state index in [0.29, 0.717) is 5.75 Å². The Morgan fingerprint density at radius 3 is 2.28 bits per heavy atom. The number of aromatic nitrogens is 1. The number of nitrogens with zero attached hydrogens (tertiary/aromatic N) is 1. The zero-order valence-corrected chi connectivity index (χ0v) is 21.3. The number of Topliss-reactive ketones (excluding diaryl/α,β-unsaturated/α-hetero) is 1. The average Bonchev–Trinajstić information content (AvgIpc) is 2.83. The van der Waals surface area contributed by atoms with Crippen LogP contribution < -0.4 is 14.2 Å². The van der Waals surface area contributed by atoms with Gasteiger partial charge in [-0.2, -0.15) is 0 Å². The van der Waals surface area contributed by atoms with Crippen molar-refractivity contribution in [1.29, 1.82) is 0 Å². The minimum absolute atomic E-state index is 0.00759. The van der Waals surface area contributed by atoms with Crippen LogP contribution in [0.2, 0.25) is 0 Å². The number of halogens is 1. The molecule has 10 heteroatoms. The Hall–Kier alpha value is -3.69. The Labute approximate surface area is 209 Å². The van der Waals surface area contributed by atoms with Crippen LogP contribution in [0.3, 0.4) is 0 Å². The average molecular weight is 506 g/mol. The van der Waals surface area contributed by atoms with Crippen LogP contribution in [0.5, 0.6) is 17.2 Å². The van der Waals surface area contributed by atoms with E-state index < -0.39 is 42.6 Å². The molecule has 0 N–H and O–H groups in total. The van der Waals surface area contributed by atoms with Crippen molar-refractivity contribution in [2.45, 2.75) is 53.2 Å². The van der Waals surface area contributed by atoms with Crippen LogP contribution in [-0.4, -0.2) is 48.8 Å². The molecule has 0 radical (unpaired) electrons. The molecule has 0 aliphatic rings. The van der Waals surface area contributed by atoms with Gasteiger partial charge in [0.15, 0.2) is 23.0 Å². The zero-order chi connectivity index (χ0) is 26.8. The van der Waals surface area contributed by atoms with Crippen molar-refractivity contribution in [3.05, 3.63) is 48.0 Å². The highest BCUT2D eigenvalue weighted by Crippen LogP contribution is 2.31. The van der Waals surface area contributed by atoms with Crippen LogP contribution in [0.15, 0.2) is 36.5 Å². The van der Waals surface area contributed by atoms with E-state index in [4.69, 9.17) is 23.7 Å². The summed E-state index contributed by atoms with van der Waals surface area (Å²) in [6.45, 7) is 7.87. The number of esters is 2. The van der Waals surface area contributed by atoms with Gasteiger partial charge in [-0.15, -0.1) is 0 Å². The van der Waals surface area contributed by atoms with E-state index in [1.54, 1.807) is 13.8 Å². The molecule has 0 saturated heterocycles. The molecular formula is C26H32FNO8. The lowest BCUT2D eigenvalue weighted by atomic mass is 10.00. The van der Waals surface area contributed by atoms with Crippen LogP contribution in [-0.2, 0) is 19.1 Å².